The van der Waals surface area contributed by atoms with Gasteiger partial charge in [0.15, 0.2) is 11.5 Å². The minimum atomic E-state index is 0.138. The molecular formula is C21H29N3O4. The Morgan fingerprint density at radius 2 is 2.11 bits per heavy atom. The third-order valence-corrected chi connectivity index (χ3v) is 5.15. The van der Waals surface area contributed by atoms with Crippen molar-refractivity contribution in [2.24, 2.45) is 0 Å². The topological polar surface area (TPSA) is 76.8 Å². The number of methoxy groups -OCH3 is 2. The number of oxazole rings is 1. The molecule has 1 aromatic heterocycles. The molecule has 7 nitrogen and oxygen atoms in total. The monoisotopic (exact) mass is 387 g/mol. The highest BCUT2D eigenvalue weighted by Crippen LogP contribution is 2.38. The van der Waals surface area contributed by atoms with Crippen LogP contribution in [0.3, 0.4) is 0 Å². The maximum Gasteiger partial charge on any atom is 0.230 e. The summed E-state index contributed by atoms with van der Waals surface area (Å²) in [6.07, 6.45) is 1.49. The van der Waals surface area contributed by atoms with Crippen molar-refractivity contribution < 1.29 is 18.7 Å². The fraction of sp³-hybridized carbons (Fsp3) is 0.524. The van der Waals surface area contributed by atoms with Crippen LogP contribution in [0.5, 0.6) is 11.5 Å². The van der Waals surface area contributed by atoms with Gasteiger partial charge in [0.05, 0.1) is 25.5 Å². The van der Waals surface area contributed by atoms with Crippen LogP contribution in [-0.2, 0) is 11.3 Å². The summed E-state index contributed by atoms with van der Waals surface area (Å²) in [5.74, 6) is 2.67. The first kappa shape index (κ1) is 20.2. The van der Waals surface area contributed by atoms with E-state index >= 15 is 0 Å². The van der Waals surface area contributed by atoms with Crippen molar-refractivity contribution in [3.05, 3.63) is 29.7 Å². The summed E-state index contributed by atoms with van der Waals surface area (Å²) in [7, 11) is 3.21. The first-order valence-electron chi connectivity index (χ1n) is 9.64. The second kappa shape index (κ2) is 8.65. The molecule has 2 aromatic rings. The summed E-state index contributed by atoms with van der Waals surface area (Å²) in [6.45, 7) is 7.68. The van der Waals surface area contributed by atoms with Crippen molar-refractivity contribution in [1.82, 2.24) is 15.2 Å². The SMILES string of the molecule is COc1cccc(-c2nc(CN(C[C@@H]3CCC(=O)N3)C(C)C)c(C)o2)c1OC. The highest BCUT2D eigenvalue weighted by atomic mass is 16.5. The molecule has 1 saturated heterocycles. The van der Waals surface area contributed by atoms with Crippen LogP contribution in [0.2, 0.25) is 0 Å². The van der Waals surface area contributed by atoms with E-state index < -0.39 is 0 Å². The molecule has 0 unspecified atom stereocenters. The van der Waals surface area contributed by atoms with Gasteiger partial charge in [-0.3, -0.25) is 9.69 Å². The van der Waals surface area contributed by atoms with Gasteiger partial charge in [-0.1, -0.05) is 6.07 Å². The number of carbonyl (C=O) groups is 1. The molecule has 1 aliphatic rings. The zero-order valence-corrected chi connectivity index (χ0v) is 17.2. The average Bonchev–Trinajstić information content (AvgIpc) is 3.25. The van der Waals surface area contributed by atoms with E-state index in [-0.39, 0.29) is 11.9 Å². The fourth-order valence-electron chi connectivity index (χ4n) is 3.49. The van der Waals surface area contributed by atoms with Gasteiger partial charge in [-0.05, 0) is 39.3 Å². The molecular weight excluding hydrogens is 358 g/mol. The number of amides is 1. The molecule has 1 aliphatic heterocycles. The van der Waals surface area contributed by atoms with Gasteiger partial charge in [0.25, 0.3) is 0 Å². The number of nitrogens with zero attached hydrogens (tertiary/aromatic N) is 2. The van der Waals surface area contributed by atoms with Crippen LogP contribution in [-0.4, -0.2) is 48.6 Å². The summed E-state index contributed by atoms with van der Waals surface area (Å²) >= 11 is 0. The van der Waals surface area contributed by atoms with E-state index in [4.69, 9.17) is 18.9 Å². The van der Waals surface area contributed by atoms with Crippen LogP contribution in [0.4, 0.5) is 0 Å². The number of rotatable bonds is 8. The summed E-state index contributed by atoms with van der Waals surface area (Å²) in [5, 5.41) is 3.04. The average molecular weight is 387 g/mol. The predicted molar refractivity (Wildman–Crippen MR) is 106 cm³/mol. The minimum absolute atomic E-state index is 0.138. The van der Waals surface area contributed by atoms with Crippen molar-refractivity contribution in [2.45, 2.75) is 52.2 Å². The Morgan fingerprint density at radius 3 is 2.71 bits per heavy atom. The van der Waals surface area contributed by atoms with Crippen molar-refractivity contribution in [3.8, 4) is 23.0 Å². The molecule has 0 aliphatic carbocycles. The summed E-state index contributed by atoms with van der Waals surface area (Å²) in [4.78, 5) is 18.6. The Bertz CT molecular complexity index is 831. The zero-order chi connectivity index (χ0) is 20.3. The molecule has 152 valence electrons. The lowest BCUT2D eigenvalue weighted by molar-refractivity contribution is -0.119. The van der Waals surface area contributed by atoms with Crippen molar-refractivity contribution in [1.29, 1.82) is 0 Å². The van der Waals surface area contributed by atoms with E-state index in [1.165, 1.54) is 0 Å². The summed E-state index contributed by atoms with van der Waals surface area (Å²) < 4.78 is 16.9. The first-order chi connectivity index (χ1) is 13.4. The zero-order valence-electron chi connectivity index (χ0n) is 17.2. The van der Waals surface area contributed by atoms with E-state index in [0.29, 0.717) is 36.4 Å². The molecule has 0 radical (unpaired) electrons. The van der Waals surface area contributed by atoms with Crippen molar-refractivity contribution in [2.75, 3.05) is 20.8 Å². The molecule has 3 rings (SSSR count). The van der Waals surface area contributed by atoms with E-state index in [0.717, 1.165) is 30.0 Å². The first-order valence-corrected chi connectivity index (χ1v) is 9.64. The van der Waals surface area contributed by atoms with Gasteiger partial charge < -0.3 is 19.2 Å². The minimum Gasteiger partial charge on any atom is -0.493 e. The number of benzene rings is 1. The van der Waals surface area contributed by atoms with Crippen LogP contribution < -0.4 is 14.8 Å². The van der Waals surface area contributed by atoms with Gasteiger partial charge in [-0.2, -0.15) is 0 Å². The number of hydrogen-bond acceptors (Lipinski definition) is 6. The molecule has 7 heteroatoms. The number of para-hydroxylation sites is 1. The molecule has 1 N–H and O–H groups in total. The molecule has 2 heterocycles. The number of ether oxygens (including phenoxy) is 2. The number of carbonyl (C=O) groups excluding carboxylic acids is 1. The summed E-state index contributed by atoms with van der Waals surface area (Å²) in [5.41, 5.74) is 1.65. The van der Waals surface area contributed by atoms with Gasteiger partial charge in [0.2, 0.25) is 11.8 Å². The highest BCUT2D eigenvalue weighted by Gasteiger charge is 2.26. The molecule has 0 saturated carbocycles. The van der Waals surface area contributed by atoms with Crippen LogP contribution in [0, 0.1) is 6.92 Å². The second-order valence-electron chi connectivity index (χ2n) is 7.39. The molecule has 28 heavy (non-hydrogen) atoms. The molecule has 0 spiro atoms. The Hall–Kier alpha value is -2.54. The van der Waals surface area contributed by atoms with Gasteiger partial charge >= 0.3 is 0 Å². The number of nitrogens with one attached hydrogen (secondary N) is 1. The molecule has 1 amide bonds. The van der Waals surface area contributed by atoms with Gasteiger partial charge in [-0.15, -0.1) is 0 Å². The maximum absolute atomic E-state index is 11.5. The quantitative estimate of drug-likeness (QED) is 0.750. The fourth-order valence-corrected chi connectivity index (χ4v) is 3.49. The Labute approximate surface area is 166 Å². The van der Waals surface area contributed by atoms with Crippen molar-refractivity contribution in [3.63, 3.8) is 0 Å². The van der Waals surface area contributed by atoms with E-state index in [1.54, 1.807) is 14.2 Å². The lowest BCUT2D eigenvalue weighted by atomic mass is 10.1. The normalized spacial score (nSPS) is 16.7. The van der Waals surface area contributed by atoms with E-state index in [9.17, 15) is 4.79 Å². The lowest BCUT2D eigenvalue weighted by Crippen LogP contribution is -2.41. The summed E-state index contributed by atoms with van der Waals surface area (Å²) in [6, 6.07) is 6.16. The number of hydrogen-bond donors (Lipinski definition) is 1. The van der Waals surface area contributed by atoms with Crippen LogP contribution >= 0.6 is 0 Å². The predicted octanol–water partition coefficient (Wildman–Crippen LogP) is 3.16. The Balaban J connectivity index is 1.82. The molecule has 1 aromatic carbocycles. The Morgan fingerprint density at radius 1 is 1.32 bits per heavy atom. The molecule has 0 bridgehead atoms. The standard InChI is InChI=1S/C21H29N3O4/c1-13(2)24(11-15-9-10-19(25)22-15)12-17-14(3)28-21(23-17)16-7-6-8-18(26-4)20(16)27-5/h6-8,13,15H,9-12H2,1-5H3,(H,22,25)/t15-/m0/s1. The third kappa shape index (κ3) is 4.30. The van der Waals surface area contributed by atoms with Crippen LogP contribution in [0.15, 0.2) is 22.6 Å². The Kier molecular flexibility index (Phi) is 6.24. The van der Waals surface area contributed by atoms with Gasteiger partial charge in [0.1, 0.15) is 5.76 Å². The van der Waals surface area contributed by atoms with E-state index in [2.05, 4.69) is 24.1 Å². The number of aromatic nitrogens is 1. The molecule has 1 atom stereocenters. The van der Waals surface area contributed by atoms with Crippen LogP contribution in [0.1, 0.15) is 38.1 Å². The largest absolute Gasteiger partial charge is 0.493 e. The molecule has 1 fully saturated rings. The highest BCUT2D eigenvalue weighted by molar-refractivity contribution is 5.78. The van der Waals surface area contributed by atoms with Gasteiger partial charge in [-0.25, -0.2) is 4.98 Å². The lowest BCUT2D eigenvalue weighted by Gasteiger charge is -2.28. The maximum atomic E-state index is 11.5. The third-order valence-electron chi connectivity index (χ3n) is 5.15. The van der Waals surface area contributed by atoms with Crippen molar-refractivity contribution >= 4 is 5.91 Å². The van der Waals surface area contributed by atoms with Crippen LogP contribution in [0.25, 0.3) is 11.5 Å². The smallest absolute Gasteiger partial charge is 0.230 e. The number of aryl methyl sites for hydroxylation is 1. The van der Waals surface area contributed by atoms with Gasteiger partial charge in [0, 0.05) is 31.6 Å². The second-order valence-corrected chi connectivity index (χ2v) is 7.39. The van der Waals surface area contributed by atoms with E-state index in [1.807, 2.05) is 25.1 Å².